The number of amides is 3. The Morgan fingerprint density at radius 3 is 2.61 bits per heavy atom. The van der Waals surface area contributed by atoms with E-state index in [1.54, 1.807) is 21.1 Å². The fourth-order valence-corrected chi connectivity index (χ4v) is 6.35. The zero-order valence-corrected chi connectivity index (χ0v) is 23.0. The van der Waals surface area contributed by atoms with Crippen molar-refractivity contribution in [3.63, 3.8) is 0 Å². The van der Waals surface area contributed by atoms with Crippen LogP contribution in [0.15, 0.2) is 54.0 Å². The quantitative estimate of drug-likeness (QED) is 0.454. The molecule has 8 heteroatoms. The molecule has 3 aromatic rings. The van der Waals surface area contributed by atoms with E-state index in [0.29, 0.717) is 31.6 Å². The number of nitrogens with zero attached hydrogens (tertiary/aromatic N) is 3. The van der Waals surface area contributed by atoms with Crippen LogP contribution in [0.1, 0.15) is 60.3 Å². The van der Waals surface area contributed by atoms with Gasteiger partial charge in [0.2, 0.25) is 11.8 Å². The number of rotatable bonds is 8. The molecule has 1 aromatic heterocycles. The smallest absolute Gasteiger partial charge is 0.255 e. The fourth-order valence-electron chi connectivity index (χ4n) is 5.54. The van der Waals surface area contributed by atoms with Gasteiger partial charge in [-0.1, -0.05) is 62.7 Å². The molecule has 3 heterocycles. The van der Waals surface area contributed by atoms with E-state index in [2.05, 4.69) is 22.4 Å². The molecule has 2 aliphatic heterocycles. The summed E-state index contributed by atoms with van der Waals surface area (Å²) in [6, 6.07) is 14.6. The summed E-state index contributed by atoms with van der Waals surface area (Å²) < 4.78 is 0. The molecule has 0 saturated carbocycles. The topological polar surface area (TPSA) is 82.6 Å². The first kappa shape index (κ1) is 26.1. The van der Waals surface area contributed by atoms with Crippen molar-refractivity contribution in [2.75, 3.05) is 6.54 Å². The average Bonchev–Trinajstić information content (AvgIpc) is 3.67. The van der Waals surface area contributed by atoms with Gasteiger partial charge >= 0.3 is 0 Å². The molecule has 0 spiro atoms. The molecule has 2 aromatic carbocycles. The summed E-state index contributed by atoms with van der Waals surface area (Å²) in [6.45, 7) is 7.40. The minimum absolute atomic E-state index is 0.0224. The molecule has 3 unspecified atom stereocenters. The van der Waals surface area contributed by atoms with E-state index in [0.717, 1.165) is 40.1 Å². The number of aryl methyl sites for hydroxylation is 1. The normalized spacial score (nSPS) is 18.4. The number of benzene rings is 2. The number of fused-ring (bicyclic) bond motifs is 1. The molecule has 3 atom stereocenters. The molecule has 1 fully saturated rings. The van der Waals surface area contributed by atoms with Crippen LogP contribution in [0, 0.1) is 12.8 Å². The Morgan fingerprint density at radius 1 is 1.16 bits per heavy atom. The van der Waals surface area contributed by atoms with Crippen LogP contribution in [0.25, 0.3) is 10.4 Å². The van der Waals surface area contributed by atoms with Crippen LogP contribution in [0.4, 0.5) is 0 Å². The van der Waals surface area contributed by atoms with Gasteiger partial charge in [0, 0.05) is 25.2 Å². The molecule has 198 valence electrons. The minimum Gasteiger partial charge on any atom is -0.350 e. The third kappa shape index (κ3) is 4.97. The van der Waals surface area contributed by atoms with Gasteiger partial charge < -0.3 is 15.1 Å². The summed E-state index contributed by atoms with van der Waals surface area (Å²) in [7, 11) is 0. The second-order valence-corrected chi connectivity index (χ2v) is 11.1. The molecule has 0 radical (unpaired) electrons. The van der Waals surface area contributed by atoms with Crippen LogP contribution in [-0.4, -0.2) is 51.1 Å². The van der Waals surface area contributed by atoms with Crippen molar-refractivity contribution < 1.29 is 14.4 Å². The van der Waals surface area contributed by atoms with Crippen LogP contribution in [0.5, 0.6) is 0 Å². The lowest BCUT2D eigenvalue weighted by Gasteiger charge is -2.36. The predicted octanol–water partition coefficient (Wildman–Crippen LogP) is 4.80. The average molecular weight is 531 g/mol. The maximum absolute atomic E-state index is 13.9. The van der Waals surface area contributed by atoms with Crippen molar-refractivity contribution in [1.29, 1.82) is 0 Å². The Morgan fingerprint density at radius 2 is 1.92 bits per heavy atom. The second kappa shape index (κ2) is 11.1. The van der Waals surface area contributed by atoms with Gasteiger partial charge in [0.05, 0.1) is 16.1 Å². The zero-order chi connectivity index (χ0) is 26.8. The zero-order valence-electron chi connectivity index (χ0n) is 22.1. The minimum atomic E-state index is -0.587. The van der Waals surface area contributed by atoms with Crippen LogP contribution in [0.3, 0.4) is 0 Å². The summed E-state index contributed by atoms with van der Waals surface area (Å²) in [5.74, 6) is -0.387. The van der Waals surface area contributed by atoms with Crippen molar-refractivity contribution in [2.24, 2.45) is 5.92 Å². The first-order valence-electron chi connectivity index (χ1n) is 13.4. The number of nitrogens with one attached hydrogen (secondary N) is 1. The molecule has 1 N–H and O–H groups in total. The summed E-state index contributed by atoms with van der Waals surface area (Å²) in [5, 5.41) is 3.04. The molecule has 2 aliphatic rings. The van der Waals surface area contributed by atoms with Gasteiger partial charge in [0.15, 0.2) is 0 Å². The van der Waals surface area contributed by atoms with E-state index < -0.39 is 12.1 Å². The van der Waals surface area contributed by atoms with Gasteiger partial charge in [-0.3, -0.25) is 14.4 Å². The van der Waals surface area contributed by atoms with Crippen LogP contribution in [-0.2, 0) is 22.7 Å². The summed E-state index contributed by atoms with van der Waals surface area (Å²) in [6.07, 6.45) is 2.16. The van der Waals surface area contributed by atoms with Crippen molar-refractivity contribution in [2.45, 2.75) is 65.2 Å². The highest BCUT2D eigenvalue weighted by molar-refractivity contribution is 7.13. The number of carbonyl (C=O) groups excluding carboxylic acids is 3. The number of likely N-dealkylation sites (tertiary alicyclic amines) is 1. The molecule has 7 nitrogen and oxygen atoms in total. The van der Waals surface area contributed by atoms with Crippen molar-refractivity contribution in [3.05, 3.63) is 76.4 Å². The summed E-state index contributed by atoms with van der Waals surface area (Å²) in [5.41, 5.74) is 6.59. The van der Waals surface area contributed by atoms with E-state index in [1.165, 1.54) is 0 Å². The molecule has 38 heavy (non-hydrogen) atoms. The van der Waals surface area contributed by atoms with Gasteiger partial charge in [0.1, 0.15) is 12.1 Å². The Balaban J connectivity index is 1.26. The Bertz CT molecular complexity index is 1340. The highest BCUT2D eigenvalue weighted by Gasteiger charge is 2.44. The number of hydrogen-bond acceptors (Lipinski definition) is 5. The lowest BCUT2D eigenvalue weighted by molar-refractivity contribution is -0.143. The van der Waals surface area contributed by atoms with Crippen LogP contribution in [0.2, 0.25) is 0 Å². The third-order valence-electron chi connectivity index (χ3n) is 7.89. The predicted molar refractivity (Wildman–Crippen MR) is 148 cm³/mol. The van der Waals surface area contributed by atoms with E-state index in [4.69, 9.17) is 0 Å². The van der Waals surface area contributed by atoms with Crippen molar-refractivity contribution in [3.8, 4) is 10.4 Å². The highest BCUT2D eigenvalue weighted by Crippen LogP contribution is 2.31. The summed E-state index contributed by atoms with van der Waals surface area (Å²) >= 11 is 1.62. The molecule has 0 aliphatic carbocycles. The third-order valence-corrected chi connectivity index (χ3v) is 8.87. The van der Waals surface area contributed by atoms with E-state index >= 15 is 0 Å². The second-order valence-electron chi connectivity index (χ2n) is 10.3. The first-order chi connectivity index (χ1) is 18.4. The van der Waals surface area contributed by atoms with Gasteiger partial charge in [0.25, 0.3) is 5.91 Å². The lowest BCUT2D eigenvalue weighted by atomic mass is 9.95. The van der Waals surface area contributed by atoms with Gasteiger partial charge in [-0.15, -0.1) is 11.3 Å². The maximum Gasteiger partial charge on any atom is 0.255 e. The highest BCUT2D eigenvalue weighted by atomic mass is 32.1. The Kier molecular flexibility index (Phi) is 7.61. The molecule has 5 rings (SSSR count). The summed E-state index contributed by atoms with van der Waals surface area (Å²) in [4.78, 5) is 49.3. The molecular weight excluding hydrogens is 496 g/mol. The number of hydrogen-bond donors (Lipinski definition) is 1. The van der Waals surface area contributed by atoms with Crippen LogP contribution < -0.4 is 5.32 Å². The molecule has 0 bridgehead atoms. The maximum atomic E-state index is 13.9. The lowest BCUT2D eigenvalue weighted by Crippen LogP contribution is -2.55. The SMILES string of the molecule is CCC(C)C(C(=O)N1CCCC1C(=O)NCc1ccc(-c2scnc2C)cc1)N1Cc2ccccc2C1=O. The molecular formula is C30H34N4O3S. The first-order valence-corrected chi connectivity index (χ1v) is 14.2. The molecule has 1 saturated heterocycles. The van der Waals surface area contributed by atoms with Gasteiger partial charge in [-0.05, 0) is 48.4 Å². The van der Waals surface area contributed by atoms with Crippen molar-refractivity contribution in [1.82, 2.24) is 20.1 Å². The van der Waals surface area contributed by atoms with Crippen molar-refractivity contribution >= 4 is 29.1 Å². The van der Waals surface area contributed by atoms with E-state index in [-0.39, 0.29) is 23.6 Å². The van der Waals surface area contributed by atoms with E-state index in [1.807, 2.05) is 62.7 Å². The molecule has 3 amide bonds. The largest absolute Gasteiger partial charge is 0.350 e. The standard InChI is InChI=1S/C30H34N4O3S/c1-4-19(2)26(34-17-23-8-5-6-9-24(23)29(34)36)30(37)33-15-7-10-25(33)28(35)31-16-21-11-13-22(14-12-21)27-20(3)32-18-38-27/h5-6,8-9,11-14,18-19,25-26H,4,7,10,15-17H2,1-3H3,(H,31,35). The Labute approximate surface area is 227 Å². The monoisotopic (exact) mass is 530 g/mol. The van der Waals surface area contributed by atoms with Gasteiger partial charge in [-0.2, -0.15) is 0 Å². The fraction of sp³-hybridized carbons (Fsp3) is 0.400. The number of aromatic nitrogens is 1. The van der Waals surface area contributed by atoms with Crippen LogP contribution >= 0.6 is 11.3 Å². The van der Waals surface area contributed by atoms with E-state index in [9.17, 15) is 14.4 Å². The van der Waals surface area contributed by atoms with Gasteiger partial charge in [-0.25, -0.2) is 4.98 Å². The number of carbonyl (C=O) groups is 3. The Hall–Kier alpha value is -3.52. The number of thiazole rings is 1.